The lowest BCUT2D eigenvalue weighted by atomic mass is 10.0. The van der Waals surface area contributed by atoms with Crippen LogP contribution in [0.5, 0.6) is 0 Å². The molecule has 0 saturated heterocycles. The van der Waals surface area contributed by atoms with Crippen molar-refractivity contribution in [1.82, 2.24) is 8.54 Å². The lowest BCUT2D eigenvalue weighted by molar-refractivity contribution is 0.969. The van der Waals surface area contributed by atoms with Gasteiger partial charge >= 0.3 is 0 Å². The number of benzene rings is 4. The Labute approximate surface area is 246 Å². The summed E-state index contributed by atoms with van der Waals surface area (Å²) in [5, 5.41) is 5.42. The summed E-state index contributed by atoms with van der Waals surface area (Å²) in [5.74, 6) is 0. The quantitative estimate of drug-likeness (QED) is 0.208. The predicted molar refractivity (Wildman–Crippen MR) is 182 cm³/mol. The average Bonchev–Trinajstić information content (AvgIpc) is 3.52. The zero-order chi connectivity index (χ0) is 28.3. The maximum atomic E-state index is 4.00. The second-order valence-corrected chi connectivity index (χ2v) is 11.6. The van der Waals surface area contributed by atoms with Gasteiger partial charge in [-0.05, 0) is 83.6 Å². The lowest BCUT2D eigenvalue weighted by Crippen LogP contribution is -2.05. The summed E-state index contributed by atoms with van der Waals surface area (Å²) in [7, 11) is 2.16. The fourth-order valence-corrected chi connectivity index (χ4v) is 6.65. The first-order chi connectivity index (χ1) is 20.1. The van der Waals surface area contributed by atoms with Crippen LogP contribution in [0.25, 0.3) is 56.1 Å². The Morgan fingerprint density at radius 3 is 2.02 bits per heavy atom. The van der Waals surface area contributed by atoms with Crippen molar-refractivity contribution in [2.45, 2.75) is 18.6 Å². The summed E-state index contributed by atoms with van der Waals surface area (Å²) in [5.41, 5.74) is 8.41. The SMILES string of the molecule is C=Cc1cc2cc(-c3cc4cc5ccccc5cc4n3SC3C=CC=CC3)n(C)c2cc1C=C.Cc1ccccc1. The Kier molecular flexibility index (Phi) is 7.54. The van der Waals surface area contributed by atoms with Crippen LogP contribution in [-0.4, -0.2) is 13.8 Å². The molecule has 202 valence electrons. The van der Waals surface area contributed by atoms with Crippen LogP contribution >= 0.6 is 11.9 Å². The summed E-state index contributed by atoms with van der Waals surface area (Å²) in [4.78, 5) is 0. The lowest BCUT2D eigenvalue weighted by Gasteiger charge is -2.17. The molecule has 4 aromatic carbocycles. The molecular formula is C38H34N2S. The van der Waals surface area contributed by atoms with Crippen LogP contribution in [0.15, 0.2) is 128 Å². The van der Waals surface area contributed by atoms with Gasteiger partial charge in [0.15, 0.2) is 0 Å². The molecule has 2 aromatic heterocycles. The summed E-state index contributed by atoms with van der Waals surface area (Å²) in [6.45, 7) is 10.1. The standard InChI is InChI=1S/C31H26N2S.C7H8/c1-4-21-15-25-19-30(32(3)28(25)17-22(21)5-2)31-20-26-16-23-11-9-10-12-24(23)18-29(26)33(31)34-27-13-7-6-8-14-27;1-7-5-3-2-4-6-7/h4-13,15-20,27H,1-2,14H2,3H3;2-6H,1H3. The van der Waals surface area contributed by atoms with Crippen LogP contribution in [0.3, 0.4) is 0 Å². The van der Waals surface area contributed by atoms with Gasteiger partial charge in [-0.3, -0.25) is 3.97 Å². The van der Waals surface area contributed by atoms with E-state index in [1.54, 1.807) is 0 Å². The number of fused-ring (bicyclic) bond motifs is 3. The topological polar surface area (TPSA) is 9.86 Å². The predicted octanol–water partition coefficient (Wildman–Crippen LogP) is 10.6. The second kappa shape index (κ2) is 11.6. The van der Waals surface area contributed by atoms with Gasteiger partial charge in [-0.25, -0.2) is 0 Å². The molecule has 3 heteroatoms. The van der Waals surface area contributed by atoms with E-state index in [4.69, 9.17) is 0 Å². The van der Waals surface area contributed by atoms with Crippen molar-refractivity contribution in [1.29, 1.82) is 0 Å². The number of allylic oxidation sites excluding steroid dienone is 3. The molecule has 7 rings (SSSR count). The highest BCUT2D eigenvalue weighted by atomic mass is 32.2. The first-order valence-electron chi connectivity index (χ1n) is 14.0. The molecule has 1 atom stereocenters. The third-order valence-electron chi connectivity index (χ3n) is 7.70. The molecule has 2 heterocycles. The monoisotopic (exact) mass is 550 g/mol. The summed E-state index contributed by atoms with van der Waals surface area (Å²) < 4.78 is 4.74. The van der Waals surface area contributed by atoms with Gasteiger partial charge in [-0.15, -0.1) is 0 Å². The Morgan fingerprint density at radius 1 is 0.707 bits per heavy atom. The van der Waals surface area contributed by atoms with Crippen LogP contribution < -0.4 is 0 Å². The zero-order valence-electron chi connectivity index (χ0n) is 23.6. The third kappa shape index (κ3) is 5.33. The van der Waals surface area contributed by atoms with E-state index in [1.165, 1.54) is 49.5 Å². The minimum atomic E-state index is 0.403. The van der Waals surface area contributed by atoms with E-state index < -0.39 is 0 Å². The second-order valence-electron chi connectivity index (χ2n) is 10.5. The van der Waals surface area contributed by atoms with E-state index in [0.717, 1.165) is 17.5 Å². The van der Waals surface area contributed by atoms with Crippen LogP contribution in [0.1, 0.15) is 23.1 Å². The van der Waals surface area contributed by atoms with Gasteiger partial charge in [-0.2, -0.15) is 0 Å². The number of nitrogens with zero attached hydrogens (tertiary/aromatic N) is 2. The van der Waals surface area contributed by atoms with Gasteiger partial charge in [0.25, 0.3) is 0 Å². The van der Waals surface area contributed by atoms with E-state index in [1.807, 2.05) is 42.3 Å². The smallest absolute Gasteiger partial charge is 0.0769 e. The van der Waals surface area contributed by atoms with E-state index in [-0.39, 0.29) is 0 Å². The van der Waals surface area contributed by atoms with Crippen molar-refractivity contribution in [3.05, 3.63) is 145 Å². The molecular weight excluding hydrogens is 516 g/mol. The maximum Gasteiger partial charge on any atom is 0.0769 e. The highest BCUT2D eigenvalue weighted by Gasteiger charge is 2.19. The van der Waals surface area contributed by atoms with Crippen molar-refractivity contribution < 1.29 is 0 Å². The van der Waals surface area contributed by atoms with Gasteiger partial charge in [0, 0.05) is 28.6 Å². The summed E-state index contributed by atoms with van der Waals surface area (Å²) >= 11 is 1.90. The van der Waals surface area contributed by atoms with Crippen LogP contribution in [0, 0.1) is 6.92 Å². The Morgan fingerprint density at radius 2 is 1.37 bits per heavy atom. The van der Waals surface area contributed by atoms with Crippen LogP contribution in [0.4, 0.5) is 0 Å². The number of hydrogen-bond donors (Lipinski definition) is 0. The molecule has 0 fully saturated rings. The summed E-state index contributed by atoms with van der Waals surface area (Å²) in [6, 6.07) is 32.6. The van der Waals surface area contributed by atoms with Gasteiger partial charge in [-0.1, -0.05) is 110 Å². The Hall–Kier alpha value is -4.47. The van der Waals surface area contributed by atoms with Crippen LogP contribution in [-0.2, 0) is 7.05 Å². The normalized spacial score (nSPS) is 14.3. The molecule has 2 nitrogen and oxygen atoms in total. The molecule has 0 bridgehead atoms. The average molecular weight is 551 g/mol. The molecule has 0 amide bonds. The van der Waals surface area contributed by atoms with Gasteiger partial charge in [0.05, 0.1) is 16.9 Å². The van der Waals surface area contributed by atoms with Gasteiger partial charge in [0.1, 0.15) is 0 Å². The first kappa shape index (κ1) is 26.7. The Bertz CT molecular complexity index is 1950. The zero-order valence-corrected chi connectivity index (χ0v) is 24.4. The minimum absolute atomic E-state index is 0.403. The van der Waals surface area contributed by atoms with Crippen molar-refractivity contribution in [3.63, 3.8) is 0 Å². The fourth-order valence-electron chi connectivity index (χ4n) is 5.49. The number of hydrogen-bond acceptors (Lipinski definition) is 1. The molecule has 0 aliphatic heterocycles. The van der Waals surface area contributed by atoms with E-state index in [2.05, 4.69) is 133 Å². The summed E-state index contributed by atoms with van der Waals surface area (Å²) in [6.07, 6.45) is 13.7. The van der Waals surface area contributed by atoms with Crippen molar-refractivity contribution in [2.75, 3.05) is 0 Å². The fraction of sp³-hybridized carbons (Fsp3) is 0.105. The molecule has 0 spiro atoms. The highest BCUT2D eigenvalue weighted by Crippen LogP contribution is 2.39. The maximum absolute atomic E-state index is 4.00. The molecule has 41 heavy (non-hydrogen) atoms. The number of rotatable bonds is 5. The van der Waals surface area contributed by atoms with Crippen molar-refractivity contribution in [2.24, 2.45) is 7.05 Å². The van der Waals surface area contributed by atoms with Crippen LogP contribution in [0.2, 0.25) is 0 Å². The van der Waals surface area contributed by atoms with Gasteiger partial charge in [0.2, 0.25) is 0 Å². The molecule has 0 radical (unpaired) electrons. The van der Waals surface area contributed by atoms with Crippen molar-refractivity contribution in [3.8, 4) is 11.4 Å². The molecule has 6 aromatic rings. The van der Waals surface area contributed by atoms with E-state index in [9.17, 15) is 0 Å². The minimum Gasteiger partial charge on any atom is -0.342 e. The number of aromatic nitrogens is 2. The van der Waals surface area contributed by atoms with E-state index in [0.29, 0.717) is 5.25 Å². The Balaban J connectivity index is 0.000000380. The molecule has 1 aliphatic carbocycles. The largest absolute Gasteiger partial charge is 0.342 e. The van der Waals surface area contributed by atoms with E-state index >= 15 is 0 Å². The molecule has 1 unspecified atom stereocenters. The van der Waals surface area contributed by atoms with Gasteiger partial charge < -0.3 is 4.57 Å². The first-order valence-corrected chi connectivity index (χ1v) is 14.8. The third-order valence-corrected chi connectivity index (χ3v) is 8.92. The molecule has 1 aliphatic rings. The number of aryl methyl sites for hydroxylation is 2. The molecule has 0 N–H and O–H groups in total. The molecule has 0 saturated carbocycles. The van der Waals surface area contributed by atoms with Crippen molar-refractivity contribution >= 4 is 56.7 Å². The highest BCUT2D eigenvalue weighted by molar-refractivity contribution is 7.98.